The first-order valence-electron chi connectivity index (χ1n) is 7.57. The first-order chi connectivity index (χ1) is 11.7. The highest BCUT2D eigenvalue weighted by atomic mass is 19.4. The maximum absolute atomic E-state index is 12.5. The molecule has 1 N–H and O–H groups in total. The van der Waals surface area contributed by atoms with E-state index in [-0.39, 0.29) is 18.9 Å². The number of benzene rings is 1. The van der Waals surface area contributed by atoms with E-state index in [0.29, 0.717) is 12.0 Å². The summed E-state index contributed by atoms with van der Waals surface area (Å²) in [7, 11) is 1.42. The second-order valence-electron chi connectivity index (χ2n) is 5.68. The van der Waals surface area contributed by atoms with Crippen LogP contribution in [0.1, 0.15) is 17.9 Å². The molecule has 0 bridgehead atoms. The lowest BCUT2D eigenvalue weighted by Gasteiger charge is -2.20. The number of carboxylic acids is 1. The molecule has 1 amide bonds. The molecule has 25 heavy (non-hydrogen) atoms. The van der Waals surface area contributed by atoms with Gasteiger partial charge in [-0.15, -0.1) is 13.2 Å². The van der Waals surface area contributed by atoms with Crippen molar-refractivity contribution in [1.29, 1.82) is 0 Å². The average Bonchev–Trinajstić information content (AvgIpc) is 3.29. The van der Waals surface area contributed by atoms with Gasteiger partial charge in [-0.05, 0) is 24.0 Å². The predicted molar refractivity (Wildman–Crippen MR) is 80.1 cm³/mol. The Morgan fingerprint density at radius 1 is 1.32 bits per heavy atom. The zero-order valence-corrected chi connectivity index (χ0v) is 13.5. The standard InChI is InChI=1S/C16H18F3NO5/c1-24-7-6-20(9-14(21)22)15(23)12-8-11(12)10-4-2-3-5-13(10)25-16(17,18)19/h2-5,11-12H,6-9H2,1H3,(H,21,22)/t11-,12-/m1/s1. The van der Waals surface area contributed by atoms with E-state index >= 15 is 0 Å². The number of hydrogen-bond acceptors (Lipinski definition) is 4. The molecular formula is C16H18F3NO5. The Balaban J connectivity index is 2.10. The van der Waals surface area contributed by atoms with Gasteiger partial charge in [-0.25, -0.2) is 0 Å². The monoisotopic (exact) mass is 361 g/mol. The Bertz CT molecular complexity index is 634. The van der Waals surface area contributed by atoms with Crippen LogP contribution in [0.3, 0.4) is 0 Å². The molecule has 0 heterocycles. The number of halogens is 3. The third kappa shape index (κ3) is 5.35. The van der Waals surface area contributed by atoms with E-state index in [1.54, 1.807) is 6.07 Å². The molecule has 0 aromatic heterocycles. The largest absolute Gasteiger partial charge is 0.573 e. The summed E-state index contributed by atoms with van der Waals surface area (Å²) in [5.74, 6) is -2.90. The van der Waals surface area contributed by atoms with Crippen LogP contribution < -0.4 is 4.74 Å². The minimum atomic E-state index is -4.82. The number of para-hydroxylation sites is 1. The number of alkyl halides is 3. The quantitative estimate of drug-likeness (QED) is 0.769. The fraction of sp³-hybridized carbons (Fsp3) is 0.500. The average molecular weight is 361 g/mol. The summed E-state index contributed by atoms with van der Waals surface area (Å²) < 4.78 is 46.4. The highest BCUT2D eigenvalue weighted by Crippen LogP contribution is 2.51. The highest BCUT2D eigenvalue weighted by molar-refractivity contribution is 5.86. The van der Waals surface area contributed by atoms with Crippen LogP contribution >= 0.6 is 0 Å². The van der Waals surface area contributed by atoms with Crippen LogP contribution in [0.25, 0.3) is 0 Å². The summed E-state index contributed by atoms with van der Waals surface area (Å²) in [6, 6.07) is 5.66. The van der Waals surface area contributed by atoms with Crippen LogP contribution in [0.15, 0.2) is 24.3 Å². The minimum absolute atomic E-state index is 0.103. The Morgan fingerprint density at radius 2 is 2.00 bits per heavy atom. The zero-order chi connectivity index (χ0) is 18.6. The third-order valence-corrected chi connectivity index (χ3v) is 3.85. The molecule has 0 radical (unpaired) electrons. The molecule has 2 atom stereocenters. The number of ether oxygens (including phenoxy) is 2. The molecule has 1 aliphatic carbocycles. The topological polar surface area (TPSA) is 76.1 Å². The van der Waals surface area contributed by atoms with Crippen LogP contribution in [0.5, 0.6) is 5.75 Å². The van der Waals surface area contributed by atoms with Crippen LogP contribution in [0.4, 0.5) is 13.2 Å². The van der Waals surface area contributed by atoms with E-state index in [1.807, 2.05) is 0 Å². The van der Waals surface area contributed by atoms with E-state index in [4.69, 9.17) is 9.84 Å². The van der Waals surface area contributed by atoms with Crippen molar-refractivity contribution < 1.29 is 37.3 Å². The summed E-state index contributed by atoms with van der Waals surface area (Å²) in [5.41, 5.74) is 0.292. The summed E-state index contributed by atoms with van der Waals surface area (Å²) in [4.78, 5) is 24.5. The van der Waals surface area contributed by atoms with Crippen molar-refractivity contribution in [2.75, 3.05) is 26.8 Å². The van der Waals surface area contributed by atoms with Crippen molar-refractivity contribution in [3.05, 3.63) is 29.8 Å². The molecule has 2 rings (SSSR count). The van der Waals surface area contributed by atoms with Gasteiger partial charge in [0.05, 0.1) is 6.61 Å². The number of aliphatic carboxylic acids is 1. The first kappa shape index (κ1) is 19.0. The normalized spacial score (nSPS) is 19.4. The van der Waals surface area contributed by atoms with Gasteiger partial charge < -0.3 is 19.5 Å². The maximum atomic E-state index is 12.5. The van der Waals surface area contributed by atoms with E-state index in [9.17, 15) is 22.8 Å². The second-order valence-corrected chi connectivity index (χ2v) is 5.68. The van der Waals surface area contributed by atoms with E-state index < -0.39 is 36.6 Å². The van der Waals surface area contributed by atoms with Crippen LogP contribution in [0.2, 0.25) is 0 Å². The Labute approximate surface area is 142 Å². The molecule has 9 heteroatoms. The lowest BCUT2D eigenvalue weighted by atomic mass is 10.1. The lowest BCUT2D eigenvalue weighted by molar-refractivity contribution is -0.274. The van der Waals surface area contributed by atoms with Gasteiger partial charge in [-0.2, -0.15) is 0 Å². The molecule has 0 unspecified atom stereocenters. The number of carbonyl (C=O) groups is 2. The van der Waals surface area contributed by atoms with Crippen molar-refractivity contribution in [3.63, 3.8) is 0 Å². The number of nitrogens with zero attached hydrogens (tertiary/aromatic N) is 1. The van der Waals surface area contributed by atoms with Gasteiger partial charge in [-0.1, -0.05) is 18.2 Å². The Morgan fingerprint density at radius 3 is 2.60 bits per heavy atom. The lowest BCUT2D eigenvalue weighted by Crippen LogP contribution is -2.39. The minimum Gasteiger partial charge on any atom is -0.480 e. The molecule has 0 saturated heterocycles. The van der Waals surface area contributed by atoms with Crippen molar-refractivity contribution >= 4 is 11.9 Å². The summed E-state index contributed by atoms with van der Waals surface area (Å²) in [5, 5.41) is 8.91. The van der Waals surface area contributed by atoms with Crippen molar-refractivity contribution in [1.82, 2.24) is 4.90 Å². The van der Waals surface area contributed by atoms with Crippen LogP contribution in [-0.4, -0.2) is 55.1 Å². The molecule has 0 aliphatic heterocycles. The van der Waals surface area contributed by atoms with E-state index in [2.05, 4.69) is 4.74 Å². The molecule has 138 valence electrons. The molecule has 0 spiro atoms. The predicted octanol–water partition coefficient (Wildman–Crippen LogP) is 2.25. The Kier molecular flexibility index (Phi) is 5.89. The number of rotatable bonds is 8. The van der Waals surface area contributed by atoms with Gasteiger partial charge in [-0.3, -0.25) is 9.59 Å². The summed E-state index contributed by atoms with van der Waals surface area (Å²) in [6.07, 6.45) is -4.47. The number of carboxylic acid groups (broad SMARTS) is 1. The summed E-state index contributed by atoms with van der Waals surface area (Å²) in [6.45, 7) is -0.207. The van der Waals surface area contributed by atoms with Crippen LogP contribution in [-0.2, 0) is 14.3 Å². The number of hydrogen-bond donors (Lipinski definition) is 1. The van der Waals surface area contributed by atoms with Crippen LogP contribution in [0, 0.1) is 5.92 Å². The van der Waals surface area contributed by atoms with Gasteiger partial charge in [0.25, 0.3) is 0 Å². The summed E-state index contributed by atoms with van der Waals surface area (Å²) >= 11 is 0. The molecular weight excluding hydrogens is 343 g/mol. The molecule has 1 aromatic rings. The van der Waals surface area contributed by atoms with Gasteiger partial charge in [0.2, 0.25) is 5.91 Å². The van der Waals surface area contributed by atoms with Gasteiger partial charge >= 0.3 is 12.3 Å². The zero-order valence-electron chi connectivity index (χ0n) is 13.5. The number of carbonyl (C=O) groups excluding carboxylic acids is 1. The SMILES string of the molecule is COCCN(CC(=O)O)C(=O)[C@@H]1C[C@@H]1c1ccccc1OC(F)(F)F. The van der Waals surface area contributed by atoms with Gasteiger partial charge in [0.15, 0.2) is 0 Å². The maximum Gasteiger partial charge on any atom is 0.573 e. The molecule has 1 fully saturated rings. The fourth-order valence-electron chi connectivity index (χ4n) is 2.68. The molecule has 6 nitrogen and oxygen atoms in total. The van der Waals surface area contributed by atoms with E-state index in [0.717, 1.165) is 4.90 Å². The number of methoxy groups -OCH3 is 1. The molecule has 1 saturated carbocycles. The third-order valence-electron chi connectivity index (χ3n) is 3.85. The van der Waals surface area contributed by atoms with Gasteiger partial charge in [0.1, 0.15) is 12.3 Å². The van der Waals surface area contributed by atoms with Crippen molar-refractivity contribution in [2.24, 2.45) is 5.92 Å². The highest BCUT2D eigenvalue weighted by Gasteiger charge is 2.48. The smallest absolute Gasteiger partial charge is 0.480 e. The first-order valence-corrected chi connectivity index (χ1v) is 7.57. The second kappa shape index (κ2) is 7.73. The van der Waals surface area contributed by atoms with E-state index in [1.165, 1.54) is 25.3 Å². The Hall–Kier alpha value is -2.29. The fourth-order valence-corrected chi connectivity index (χ4v) is 2.68. The van der Waals surface area contributed by atoms with Crippen molar-refractivity contribution in [3.8, 4) is 5.75 Å². The molecule has 1 aromatic carbocycles. The number of amides is 1. The molecule has 1 aliphatic rings. The van der Waals surface area contributed by atoms with Crippen molar-refractivity contribution in [2.45, 2.75) is 18.7 Å². The van der Waals surface area contributed by atoms with Gasteiger partial charge in [0, 0.05) is 19.6 Å².